The summed E-state index contributed by atoms with van der Waals surface area (Å²) in [6, 6.07) is 15.6. The summed E-state index contributed by atoms with van der Waals surface area (Å²) in [6.07, 6.45) is 5.31. The van der Waals surface area contributed by atoms with E-state index in [4.69, 9.17) is 21.0 Å². The van der Waals surface area contributed by atoms with Gasteiger partial charge >= 0.3 is 0 Å². The van der Waals surface area contributed by atoms with Crippen LogP contribution in [0.5, 0.6) is 11.5 Å². The number of carbonyl (C=O) groups excluding carboxylic acids is 1. The first kappa shape index (κ1) is 20.9. The van der Waals surface area contributed by atoms with Crippen molar-refractivity contribution in [3.8, 4) is 29.5 Å². The van der Waals surface area contributed by atoms with E-state index in [1.165, 1.54) is 0 Å². The Morgan fingerprint density at radius 1 is 1.23 bits per heavy atom. The van der Waals surface area contributed by atoms with Gasteiger partial charge in [0.15, 0.2) is 11.5 Å². The van der Waals surface area contributed by atoms with Gasteiger partial charge in [0.2, 0.25) is 5.91 Å². The third-order valence-electron chi connectivity index (χ3n) is 5.12. The number of hydrogen-bond acceptors (Lipinski definition) is 5. The summed E-state index contributed by atoms with van der Waals surface area (Å²) in [5.41, 5.74) is 3.72. The van der Waals surface area contributed by atoms with Crippen molar-refractivity contribution in [1.29, 1.82) is 0 Å². The number of nitrogens with zero attached hydrogens (tertiary/aromatic N) is 2. The zero-order valence-electron chi connectivity index (χ0n) is 17.6. The van der Waals surface area contributed by atoms with Crippen LogP contribution in [-0.2, 0) is 4.79 Å². The molecule has 1 N–H and O–H groups in total. The molecule has 2 atom stereocenters. The Labute approximate surface area is 185 Å². The first-order valence-electron chi connectivity index (χ1n) is 9.89. The standard InChI is InChI=1S/C24H23N3O3S/c1-5-13-30-19-12-11-17(14-20(19)29-4)22-21-15(2)26-27(18-9-7-6-8-10-18)23(21)25-24(28)16(3)31-22/h1,6-12,14,16,22H,13H2,2-4H3,(H,25,28)/t16-,22-/m1/s1. The van der Waals surface area contributed by atoms with Crippen molar-refractivity contribution < 1.29 is 14.3 Å². The molecule has 0 unspecified atom stereocenters. The monoisotopic (exact) mass is 433 g/mol. The summed E-state index contributed by atoms with van der Waals surface area (Å²) >= 11 is 1.58. The van der Waals surface area contributed by atoms with Crippen molar-refractivity contribution in [2.45, 2.75) is 24.3 Å². The second-order valence-corrected chi connectivity index (χ2v) is 8.60. The first-order valence-corrected chi connectivity index (χ1v) is 10.8. The van der Waals surface area contributed by atoms with Crippen LogP contribution < -0.4 is 14.8 Å². The molecular weight excluding hydrogens is 410 g/mol. The number of hydrogen-bond donors (Lipinski definition) is 1. The van der Waals surface area contributed by atoms with E-state index in [-0.39, 0.29) is 23.0 Å². The summed E-state index contributed by atoms with van der Waals surface area (Å²) in [6.45, 7) is 4.04. The van der Waals surface area contributed by atoms with E-state index in [0.717, 1.165) is 22.5 Å². The lowest BCUT2D eigenvalue weighted by molar-refractivity contribution is -0.115. The van der Waals surface area contributed by atoms with Crippen LogP contribution in [0, 0.1) is 19.3 Å². The number of rotatable bonds is 5. The van der Waals surface area contributed by atoms with Crippen LogP contribution in [0.2, 0.25) is 0 Å². The second-order valence-electron chi connectivity index (χ2n) is 7.15. The number of amides is 1. The average molecular weight is 434 g/mol. The van der Waals surface area contributed by atoms with Gasteiger partial charge in [-0.25, -0.2) is 4.68 Å². The minimum Gasteiger partial charge on any atom is -0.493 e. The van der Waals surface area contributed by atoms with E-state index < -0.39 is 0 Å². The highest BCUT2D eigenvalue weighted by Gasteiger charge is 2.34. The van der Waals surface area contributed by atoms with Crippen LogP contribution >= 0.6 is 11.8 Å². The van der Waals surface area contributed by atoms with E-state index in [9.17, 15) is 4.79 Å². The molecule has 2 heterocycles. The number of aromatic nitrogens is 2. The molecule has 0 fully saturated rings. The zero-order chi connectivity index (χ0) is 22.0. The summed E-state index contributed by atoms with van der Waals surface area (Å²) in [4.78, 5) is 12.8. The topological polar surface area (TPSA) is 65.4 Å². The molecule has 31 heavy (non-hydrogen) atoms. The van der Waals surface area contributed by atoms with Gasteiger partial charge in [-0.3, -0.25) is 4.79 Å². The number of carbonyl (C=O) groups is 1. The predicted molar refractivity (Wildman–Crippen MR) is 123 cm³/mol. The molecule has 0 aliphatic carbocycles. The molecular formula is C24H23N3O3S. The van der Waals surface area contributed by atoms with Crippen molar-refractivity contribution in [2.24, 2.45) is 0 Å². The fourth-order valence-corrected chi connectivity index (χ4v) is 4.93. The Kier molecular flexibility index (Phi) is 5.92. The molecule has 0 saturated heterocycles. The molecule has 7 heteroatoms. The molecule has 1 aliphatic rings. The van der Waals surface area contributed by atoms with Crippen LogP contribution in [0.25, 0.3) is 5.69 Å². The molecule has 0 spiro atoms. The van der Waals surface area contributed by atoms with E-state index in [1.807, 2.05) is 62.4 Å². The first-order chi connectivity index (χ1) is 15.0. The predicted octanol–water partition coefficient (Wildman–Crippen LogP) is 4.36. The van der Waals surface area contributed by atoms with Crippen molar-refractivity contribution in [2.75, 3.05) is 19.0 Å². The number of anilines is 1. The third kappa shape index (κ3) is 3.99. The molecule has 4 rings (SSSR count). The smallest absolute Gasteiger partial charge is 0.238 e. The molecule has 0 bridgehead atoms. The van der Waals surface area contributed by atoms with E-state index in [2.05, 4.69) is 11.2 Å². The second kappa shape index (κ2) is 8.78. The summed E-state index contributed by atoms with van der Waals surface area (Å²) in [5, 5.41) is 7.48. The van der Waals surface area contributed by atoms with Crippen LogP contribution in [0.15, 0.2) is 48.5 Å². The number of methoxy groups -OCH3 is 1. The normalized spacial score (nSPS) is 17.8. The zero-order valence-corrected chi connectivity index (χ0v) is 18.4. The highest BCUT2D eigenvalue weighted by atomic mass is 32.2. The molecule has 2 aromatic carbocycles. The lowest BCUT2D eigenvalue weighted by Crippen LogP contribution is -2.22. The molecule has 6 nitrogen and oxygen atoms in total. The minimum atomic E-state index is -0.246. The molecule has 3 aromatic rings. The number of ether oxygens (including phenoxy) is 2. The van der Waals surface area contributed by atoms with Crippen LogP contribution in [-0.4, -0.2) is 34.7 Å². The largest absolute Gasteiger partial charge is 0.493 e. The van der Waals surface area contributed by atoms with Crippen molar-refractivity contribution in [3.05, 3.63) is 65.4 Å². The van der Waals surface area contributed by atoms with Crippen LogP contribution in [0.3, 0.4) is 0 Å². The van der Waals surface area contributed by atoms with Crippen molar-refractivity contribution in [3.63, 3.8) is 0 Å². The number of thioether (sulfide) groups is 1. The fourth-order valence-electron chi connectivity index (χ4n) is 3.61. The number of benzene rings is 2. The van der Waals surface area contributed by atoms with Gasteiger partial charge in [-0.15, -0.1) is 18.2 Å². The van der Waals surface area contributed by atoms with Crippen LogP contribution in [0.1, 0.15) is 29.0 Å². The Balaban J connectivity index is 1.84. The van der Waals surface area contributed by atoms with Gasteiger partial charge in [-0.2, -0.15) is 5.10 Å². The summed E-state index contributed by atoms with van der Waals surface area (Å²) in [5.74, 6) is 4.29. The third-order valence-corrected chi connectivity index (χ3v) is 6.52. The minimum absolute atomic E-state index is 0.0493. The lowest BCUT2D eigenvalue weighted by Gasteiger charge is -2.19. The van der Waals surface area contributed by atoms with Gasteiger partial charge < -0.3 is 14.8 Å². The van der Waals surface area contributed by atoms with Gasteiger partial charge in [0, 0.05) is 5.56 Å². The number of nitrogens with one attached hydrogen (secondary N) is 1. The van der Waals surface area contributed by atoms with Crippen molar-refractivity contribution >= 4 is 23.5 Å². The van der Waals surface area contributed by atoms with Gasteiger partial charge in [-0.05, 0) is 43.7 Å². The number of terminal acetylenes is 1. The SMILES string of the molecule is C#CCOc1ccc([C@H]2S[C@H](C)C(=O)Nc3c2c(C)nn3-c2ccccc2)cc1OC. The lowest BCUT2D eigenvalue weighted by atomic mass is 10.0. The van der Waals surface area contributed by atoms with Gasteiger partial charge in [-0.1, -0.05) is 30.2 Å². The van der Waals surface area contributed by atoms with E-state index >= 15 is 0 Å². The van der Waals surface area contributed by atoms with Gasteiger partial charge in [0.05, 0.1) is 29.0 Å². The quantitative estimate of drug-likeness (QED) is 0.606. The van der Waals surface area contributed by atoms with Crippen molar-refractivity contribution in [1.82, 2.24) is 9.78 Å². The Morgan fingerprint density at radius 2 is 2.00 bits per heavy atom. The molecule has 0 saturated carbocycles. The molecule has 1 aromatic heterocycles. The number of fused-ring (bicyclic) bond motifs is 1. The Morgan fingerprint density at radius 3 is 2.71 bits per heavy atom. The average Bonchev–Trinajstić information content (AvgIpc) is 3.04. The van der Waals surface area contributed by atoms with Gasteiger partial charge in [0.25, 0.3) is 0 Å². The number of aryl methyl sites for hydroxylation is 1. The van der Waals surface area contributed by atoms with E-state index in [0.29, 0.717) is 17.3 Å². The van der Waals surface area contributed by atoms with Gasteiger partial charge in [0.1, 0.15) is 12.4 Å². The Bertz CT molecular complexity index is 1150. The maximum absolute atomic E-state index is 12.8. The summed E-state index contributed by atoms with van der Waals surface area (Å²) in [7, 11) is 1.60. The number of para-hydroxylation sites is 1. The molecule has 1 amide bonds. The van der Waals surface area contributed by atoms with Crippen LogP contribution in [0.4, 0.5) is 5.82 Å². The maximum Gasteiger partial charge on any atom is 0.238 e. The highest BCUT2D eigenvalue weighted by molar-refractivity contribution is 8.01. The summed E-state index contributed by atoms with van der Waals surface area (Å²) < 4.78 is 12.9. The molecule has 1 aliphatic heterocycles. The fraction of sp³-hybridized carbons (Fsp3) is 0.250. The Hall–Kier alpha value is -3.37. The maximum atomic E-state index is 12.8. The van der Waals surface area contributed by atoms with E-state index in [1.54, 1.807) is 23.6 Å². The highest BCUT2D eigenvalue weighted by Crippen LogP contribution is 2.47. The molecule has 158 valence electrons. The molecule has 0 radical (unpaired) electrons.